The molecule has 6 heteroatoms. The van der Waals surface area contributed by atoms with Crippen LogP contribution in [0.4, 0.5) is 5.95 Å². The third-order valence-electron chi connectivity index (χ3n) is 3.06. The van der Waals surface area contributed by atoms with Gasteiger partial charge in [-0.25, -0.2) is 9.97 Å². The monoisotopic (exact) mass is 268 g/mol. The molecule has 0 aliphatic heterocycles. The molecule has 1 aliphatic rings. The molecule has 0 bridgehead atoms. The fourth-order valence-electron chi connectivity index (χ4n) is 2.04. The molecule has 1 fully saturated rings. The van der Waals surface area contributed by atoms with Crippen LogP contribution >= 0.6 is 11.6 Å². The molecule has 0 saturated heterocycles. The largest absolute Gasteiger partial charge is 0.352 e. The van der Waals surface area contributed by atoms with Crippen molar-refractivity contribution in [3.8, 4) is 0 Å². The summed E-state index contributed by atoms with van der Waals surface area (Å²) in [6.07, 6.45) is 7.56. The zero-order chi connectivity index (χ0) is 13.0. The average molecular weight is 269 g/mol. The van der Waals surface area contributed by atoms with Crippen molar-refractivity contribution < 1.29 is 4.79 Å². The number of hydrogen-bond acceptors (Lipinski definition) is 4. The van der Waals surface area contributed by atoms with E-state index < -0.39 is 0 Å². The number of amides is 1. The number of nitrogens with zero attached hydrogens (tertiary/aromatic N) is 2. The summed E-state index contributed by atoms with van der Waals surface area (Å²) >= 11 is 5.69. The maximum atomic E-state index is 11.9. The number of hydrogen-bond donors (Lipinski definition) is 2. The molecule has 1 heterocycles. The Balaban J connectivity index is 1.84. The van der Waals surface area contributed by atoms with Crippen molar-refractivity contribution in [2.24, 2.45) is 0 Å². The molecule has 0 radical (unpaired) electrons. The Bertz CT molecular complexity index is 403. The second-order valence-corrected chi connectivity index (χ2v) is 5.02. The van der Waals surface area contributed by atoms with Crippen molar-refractivity contribution in [2.75, 3.05) is 5.32 Å². The van der Waals surface area contributed by atoms with Gasteiger partial charge in [0.05, 0.1) is 17.4 Å². The van der Waals surface area contributed by atoms with E-state index in [-0.39, 0.29) is 11.9 Å². The number of carbonyl (C=O) groups is 1. The van der Waals surface area contributed by atoms with Gasteiger partial charge in [0.25, 0.3) is 0 Å². The molecule has 2 N–H and O–H groups in total. The quantitative estimate of drug-likeness (QED) is 0.876. The minimum Gasteiger partial charge on any atom is -0.352 e. The summed E-state index contributed by atoms with van der Waals surface area (Å²) < 4.78 is 0. The highest BCUT2D eigenvalue weighted by molar-refractivity contribution is 6.30. The van der Waals surface area contributed by atoms with Crippen molar-refractivity contribution in [2.45, 2.75) is 44.7 Å². The molecular formula is C12H17ClN4O. The Morgan fingerprint density at radius 2 is 2.00 bits per heavy atom. The zero-order valence-electron chi connectivity index (χ0n) is 10.3. The van der Waals surface area contributed by atoms with E-state index in [0.29, 0.717) is 17.0 Å². The molecule has 0 spiro atoms. The first-order valence-electron chi connectivity index (χ1n) is 6.19. The van der Waals surface area contributed by atoms with Gasteiger partial charge in [0.2, 0.25) is 11.9 Å². The van der Waals surface area contributed by atoms with Crippen LogP contribution in [0.25, 0.3) is 0 Å². The molecule has 2 rings (SSSR count). The molecule has 0 aromatic carbocycles. The summed E-state index contributed by atoms with van der Waals surface area (Å²) in [7, 11) is 0. The molecule has 18 heavy (non-hydrogen) atoms. The van der Waals surface area contributed by atoms with E-state index in [0.717, 1.165) is 12.8 Å². The number of halogens is 1. The van der Waals surface area contributed by atoms with Crippen LogP contribution in [0.1, 0.15) is 32.6 Å². The van der Waals surface area contributed by atoms with E-state index in [4.69, 9.17) is 11.6 Å². The molecule has 5 nitrogen and oxygen atoms in total. The average Bonchev–Trinajstić information content (AvgIpc) is 2.85. The topological polar surface area (TPSA) is 66.9 Å². The highest BCUT2D eigenvalue weighted by Crippen LogP contribution is 2.17. The van der Waals surface area contributed by atoms with Crippen molar-refractivity contribution in [1.82, 2.24) is 15.3 Å². The van der Waals surface area contributed by atoms with Crippen LogP contribution in [0, 0.1) is 0 Å². The first kappa shape index (κ1) is 13.1. The molecule has 1 aromatic heterocycles. The molecule has 1 aliphatic carbocycles. The van der Waals surface area contributed by atoms with Gasteiger partial charge in [0.15, 0.2) is 0 Å². The van der Waals surface area contributed by atoms with Crippen molar-refractivity contribution >= 4 is 23.5 Å². The molecule has 0 unspecified atom stereocenters. The van der Waals surface area contributed by atoms with Gasteiger partial charge >= 0.3 is 0 Å². The van der Waals surface area contributed by atoms with E-state index in [1.807, 2.05) is 0 Å². The fourth-order valence-corrected chi connectivity index (χ4v) is 2.14. The molecule has 1 atom stereocenters. The van der Waals surface area contributed by atoms with Crippen LogP contribution in [0.2, 0.25) is 5.02 Å². The molecule has 98 valence electrons. The number of anilines is 1. The van der Waals surface area contributed by atoms with E-state index in [2.05, 4.69) is 20.6 Å². The lowest BCUT2D eigenvalue weighted by atomic mass is 10.2. The number of carbonyl (C=O) groups excluding carboxylic acids is 1. The van der Waals surface area contributed by atoms with Crippen molar-refractivity contribution in [3.63, 3.8) is 0 Å². The second kappa shape index (κ2) is 6.00. The lowest BCUT2D eigenvalue weighted by Gasteiger charge is -2.17. The summed E-state index contributed by atoms with van der Waals surface area (Å²) in [5, 5.41) is 6.45. The predicted molar refractivity (Wildman–Crippen MR) is 70.5 cm³/mol. The van der Waals surface area contributed by atoms with Gasteiger partial charge in [-0.3, -0.25) is 4.79 Å². The Morgan fingerprint density at radius 3 is 2.61 bits per heavy atom. The maximum absolute atomic E-state index is 11.9. The number of aromatic nitrogens is 2. The highest BCUT2D eigenvalue weighted by atomic mass is 35.5. The smallest absolute Gasteiger partial charge is 0.242 e. The van der Waals surface area contributed by atoms with Crippen molar-refractivity contribution in [1.29, 1.82) is 0 Å². The van der Waals surface area contributed by atoms with Crippen LogP contribution in [-0.2, 0) is 4.79 Å². The second-order valence-electron chi connectivity index (χ2n) is 4.58. The molecule has 1 aromatic rings. The van der Waals surface area contributed by atoms with Gasteiger partial charge < -0.3 is 10.6 Å². The lowest BCUT2D eigenvalue weighted by molar-refractivity contribution is -0.122. The molecule has 1 saturated carbocycles. The van der Waals surface area contributed by atoms with Crippen LogP contribution in [-0.4, -0.2) is 28.0 Å². The Labute approximate surface area is 111 Å². The van der Waals surface area contributed by atoms with Crippen molar-refractivity contribution in [3.05, 3.63) is 17.4 Å². The maximum Gasteiger partial charge on any atom is 0.242 e. The van der Waals surface area contributed by atoms with E-state index in [1.54, 1.807) is 6.92 Å². The first-order valence-corrected chi connectivity index (χ1v) is 6.57. The normalized spacial score (nSPS) is 17.4. The first-order chi connectivity index (χ1) is 8.65. The molecular weight excluding hydrogens is 252 g/mol. The van der Waals surface area contributed by atoms with E-state index >= 15 is 0 Å². The Kier molecular flexibility index (Phi) is 4.36. The minimum absolute atomic E-state index is 0.0135. The minimum atomic E-state index is -0.355. The van der Waals surface area contributed by atoms with E-state index in [9.17, 15) is 4.79 Å². The van der Waals surface area contributed by atoms with Gasteiger partial charge in [-0.2, -0.15) is 0 Å². The van der Waals surface area contributed by atoms with Gasteiger partial charge in [-0.1, -0.05) is 24.4 Å². The fraction of sp³-hybridized carbons (Fsp3) is 0.583. The predicted octanol–water partition coefficient (Wildman–Crippen LogP) is 1.99. The summed E-state index contributed by atoms with van der Waals surface area (Å²) in [4.78, 5) is 19.9. The van der Waals surface area contributed by atoms with Crippen LogP contribution < -0.4 is 10.6 Å². The summed E-state index contributed by atoms with van der Waals surface area (Å²) in [6, 6.07) is -0.0281. The Hall–Kier alpha value is -1.36. The van der Waals surface area contributed by atoms with Gasteiger partial charge in [-0.15, -0.1) is 0 Å². The summed E-state index contributed by atoms with van der Waals surface area (Å²) in [6.45, 7) is 1.79. The Morgan fingerprint density at radius 1 is 1.39 bits per heavy atom. The SMILES string of the molecule is C[C@@H](Nc1ncc(Cl)cn1)C(=O)NC1CCCC1. The van der Waals surface area contributed by atoms with Crippen LogP contribution in [0.15, 0.2) is 12.4 Å². The van der Waals surface area contributed by atoms with Gasteiger partial charge in [0, 0.05) is 6.04 Å². The lowest BCUT2D eigenvalue weighted by Crippen LogP contribution is -2.42. The number of nitrogens with one attached hydrogen (secondary N) is 2. The summed E-state index contributed by atoms with van der Waals surface area (Å²) in [5.41, 5.74) is 0. The number of rotatable bonds is 4. The standard InChI is InChI=1S/C12H17ClN4O/c1-8(11(18)17-10-4-2-3-5-10)16-12-14-6-9(13)7-15-12/h6-8,10H,2-5H2,1H3,(H,17,18)(H,14,15,16)/t8-/m1/s1. The van der Waals surface area contributed by atoms with Crippen LogP contribution in [0.5, 0.6) is 0 Å². The van der Waals surface area contributed by atoms with Gasteiger partial charge in [0.1, 0.15) is 6.04 Å². The molecule has 1 amide bonds. The van der Waals surface area contributed by atoms with Gasteiger partial charge in [-0.05, 0) is 19.8 Å². The highest BCUT2D eigenvalue weighted by Gasteiger charge is 2.20. The van der Waals surface area contributed by atoms with E-state index in [1.165, 1.54) is 25.2 Å². The van der Waals surface area contributed by atoms with Crippen LogP contribution in [0.3, 0.4) is 0 Å². The summed E-state index contributed by atoms with van der Waals surface area (Å²) in [5.74, 6) is 0.397. The third kappa shape index (κ3) is 3.57. The zero-order valence-corrected chi connectivity index (χ0v) is 11.1. The third-order valence-corrected chi connectivity index (χ3v) is 3.26.